The van der Waals surface area contributed by atoms with E-state index in [4.69, 9.17) is 45.0 Å². The van der Waals surface area contributed by atoms with E-state index in [1.54, 1.807) is 99.1 Å². The van der Waals surface area contributed by atoms with Gasteiger partial charge in [0.2, 0.25) is 0 Å². The Morgan fingerprint density at radius 3 is 0.348 bits per heavy atom. The number of aromatic nitrogens is 16. The number of hydrogen-bond donors (Lipinski definition) is 1. The summed E-state index contributed by atoms with van der Waals surface area (Å²) < 4.78 is 0. The molecule has 0 saturated heterocycles. The van der Waals surface area contributed by atoms with Crippen molar-refractivity contribution in [1.29, 1.82) is 0 Å². The highest BCUT2D eigenvalue weighted by molar-refractivity contribution is 5.67. The van der Waals surface area contributed by atoms with Gasteiger partial charge in [0, 0.05) is 63.5 Å². The molecule has 0 amide bonds. The van der Waals surface area contributed by atoms with Gasteiger partial charge < -0.3 is 44.3 Å². The third-order valence-corrected chi connectivity index (χ3v) is 10.4. The fourth-order valence-electron chi connectivity index (χ4n) is 6.29. The van der Waals surface area contributed by atoms with Crippen molar-refractivity contribution < 1.29 is 5.11 Å². The lowest BCUT2D eigenvalue weighted by atomic mass is 10.4. The maximum absolute atomic E-state index is 7.00. The second-order valence-corrected chi connectivity index (χ2v) is 14.4. The van der Waals surface area contributed by atoms with Crippen molar-refractivity contribution in [2.24, 2.45) is 0 Å². The molecule has 2 aliphatic heterocycles. The zero-order valence-corrected chi connectivity index (χ0v) is 37.4. The van der Waals surface area contributed by atoms with E-state index in [1.165, 1.54) is 0 Å². The Balaban J connectivity index is 0.000000173. The van der Waals surface area contributed by atoms with Gasteiger partial charge >= 0.3 is 0 Å². The molecule has 0 radical (unpaired) electrons. The maximum atomic E-state index is 7.00. The lowest BCUT2D eigenvalue weighted by Crippen LogP contribution is -2.21. The summed E-state index contributed by atoms with van der Waals surface area (Å²) in [5, 5.41) is 7.00. The predicted molar refractivity (Wildman–Crippen MR) is 249 cm³/mol. The highest BCUT2D eigenvalue weighted by Gasteiger charge is 2.21. The average Bonchev–Trinajstić information content (AvgIpc) is 3.39. The van der Waals surface area contributed by atoms with Gasteiger partial charge in [-0.15, -0.1) is 0 Å². The quantitative estimate of drug-likeness (QED) is 0.225. The van der Waals surface area contributed by atoms with Gasteiger partial charge in [0.1, 0.15) is 0 Å². The second-order valence-electron chi connectivity index (χ2n) is 14.4. The molecule has 10 rings (SSSR count). The molecule has 8 aromatic rings. The lowest BCUT2D eigenvalue weighted by Gasteiger charge is -2.24. The first-order valence-electron chi connectivity index (χ1n) is 19.9. The highest BCUT2D eigenvalue weighted by Crippen LogP contribution is 2.32. The molecular weight excluding hydrogens is 845 g/mol. The Bertz CT molecular complexity index is 2210. The summed E-state index contributed by atoms with van der Waals surface area (Å²) in [6.45, 7) is 0. The summed E-state index contributed by atoms with van der Waals surface area (Å²) in [5.74, 6) is 9.76. The Morgan fingerprint density at radius 1 is 0.197 bits per heavy atom. The largest absolute Gasteiger partial charge is 0.400 e. The predicted octanol–water partition coefficient (Wildman–Crippen LogP) is 4.07. The zero-order chi connectivity index (χ0) is 46.5. The van der Waals surface area contributed by atoms with Crippen LogP contribution in [-0.4, -0.2) is 148 Å². The van der Waals surface area contributed by atoms with Crippen LogP contribution < -0.4 is 39.2 Å². The van der Waals surface area contributed by atoms with Gasteiger partial charge in [-0.1, -0.05) is 0 Å². The van der Waals surface area contributed by atoms with Crippen LogP contribution in [0.25, 0.3) is 0 Å². The molecule has 334 valence electrons. The fourth-order valence-corrected chi connectivity index (χ4v) is 6.29. The van der Waals surface area contributed by atoms with E-state index in [9.17, 15) is 0 Å². The zero-order valence-electron chi connectivity index (χ0n) is 37.4. The van der Waals surface area contributed by atoms with Crippen molar-refractivity contribution in [2.75, 3.05) is 103 Å². The molecule has 25 heteroatoms. The molecule has 16 bridgehead atoms. The molecule has 10 heterocycles. The van der Waals surface area contributed by atoms with Gasteiger partial charge in [-0.05, 0) is 0 Å². The summed E-state index contributed by atoms with van der Waals surface area (Å²) in [6.07, 6.45) is 26.7. The van der Waals surface area contributed by atoms with Crippen molar-refractivity contribution in [1.82, 2.24) is 79.7 Å². The Kier molecular flexibility index (Phi) is 12.4. The van der Waals surface area contributed by atoms with Crippen molar-refractivity contribution in [3.63, 3.8) is 0 Å². The van der Waals surface area contributed by atoms with Crippen molar-refractivity contribution >= 4 is 93.1 Å². The minimum Gasteiger partial charge on any atom is -0.400 e. The van der Waals surface area contributed by atoms with Crippen LogP contribution >= 0.6 is 0 Å². The molecule has 1 N–H and O–H groups in total. The van der Waals surface area contributed by atoms with Gasteiger partial charge in [0.15, 0.2) is 93.1 Å². The number of nitrogens with zero attached hydrogens (tertiary/aromatic N) is 24. The third kappa shape index (κ3) is 8.80. The number of aliphatic hydroxyl groups excluding tert-OH is 1. The maximum Gasteiger partial charge on any atom is 0.154 e. The van der Waals surface area contributed by atoms with Crippen molar-refractivity contribution in [2.45, 2.75) is 0 Å². The number of fused-ring (bicyclic) bond motifs is 16. The van der Waals surface area contributed by atoms with Gasteiger partial charge in [-0.25, -0.2) is 39.9 Å². The van der Waals surface area contributed by atoms with E-state index in [0.29, 0.717) is 93.1 Å². The molecule has 8 aromatic heterocycles. The molecule has 0 aromatic carbocycles. The molecule has 0 aliphatic carbocycles. The van der Waals surface area contributed by atoms with Crippen molar-refractivity contribution in [3.8, 4) is 0 Å². The van der Waals surface area contributed by atoms with Crippen molar-refractivity contribution in [3.05, 3.63) is 99.1 Å². The van der Waals surface area contributed by atoms with Gasteiger partial charge in [0.05, 0.1) is 99.1 Å². The topological polar surface area (TPSA) is 252 Å². The first-order valence-corrected chi connectivity index (χ1v) is 19.9. The summed E-state index contributed by atoms with van der Waals surface area (Å²) in [4.78, 5) is 87.3. The first kappa shape index (κ1) is 43.6. The summed E-state index contributed by atoms with van der Waals surface area (Å²) >= 11 is 0. The van der Waals surface area contributed by atoms with E-state index in [0.717, 1.165) is 7.11 Å². The summed E-state index contributed by atoms with van der Waals surface area (Å²) in [5.41, 5.74) is 0. The molecule has 66 heavy (non-hydrogen) atoms. The Hall–Kier alpha value is -9.00. The van der Waals surface area contributed by atoms with Crippen LogP contribution in [0.3, 0.4) is 0 Å². The van der Waals surface area contributed by atoms with Crippen LogP contribution in [-0.2, 0) is 0 Å². The monoisotopic (exact) mass is 888 g/mol. The highest BCUT2D eigenvalue weighted by atomic mass is 16.2. The molecular formula is C41H44N24O. The van der Waals surface area contributed by atoms with Gasteiger partial charge in [-0.3, -0.25) is 39.9 Å². The minimum atomic E-state index is 0.610. The van der Waals surface area contributed by atoms with Gasteiger partial charge in [-0.2, -0.15) is 0 Å². The van der Waals surface area contributed by atoms with Gasteiger partial charge in [0.25, 0.3) is 0 Å². The van der Waals surface area contributed by atoms with Crippen LogP contribution in [0.15, 0.2) is 99.1 Å². The molecule has 2 aliphatic rings. The molecule has 0 saturated carbocycles. The number of hydrogen-bond acceptors (Lipinski definition) is 25. The van der Waals surface area contributed by atoms with Crippen LogP contribution in [0.5, 0.6) is 0 Å². The lowest BCUT2D eigenvalue weighted by molar-refractivity contribution is 0.399. The van der Waals surface area contributed by atoms with E-state index >= 15 is 0 Å². The standard InChI is InChI=1S/2C20H20N12.CH4O/c2*1-29-13-5-21-7-15(25-13)30(2)17-9-23-11-19(27-17)32(4)20-12-24-10-18(28-20)31(3)16-8-22-6-14(29)26-16;1-2/h2*5-12H,1-4H3;2H,1H3. The Morgan fingerprint density at radius 2 is 0.273 bits per heavy atom. The van der Waals surface area contributed by atoms with E-state index in [1.807, 2.05) is 95.6 Å². The van der Waals surface area contributed by atoms with Crippen LogP contribution in [0.2, 0.25) is 0 Å². The Labute approximate surface area is 379 Å². The van der Waals surface area contributed by atoms with E-state index < -0.39 is 0 Å². The first-order chi connectivity index (χ1) is 32.0. The second kappa shape index (κ2) is 18.8. The summed E-state index contributed by atoms with van der Waals surface area (Å²) in [7, 11) is 15.9. The molecule has 0 spiro atoms. The minimum absolute atomic E-state index is 0.610. The van der Waals surface area contributed by atoms with E-state index in [-0.39, 0.29) is 0 Å². The fraction of sp³-hybridized carbons (Fsp3) is 0.220. The number of anilines is 16. The number of aliphatic hydroxyl groups is 1. The molecule has 25 nitrogen and oxygen atoms in total. The third-order valence-electron chi connectivity index (χ3n) is 10.4. The number of rotatable bonds is 0. The normalized spacial score (nSPS) is 13.1. The summed E-state index contributed by atoms with van der Waals surface area (Å²) in [6, 6.07) is 0. The van der Waals surface area contributed by atoms with E-state index in [2.05, 4.69) is 39.9 Å². The molecule has 0 unspecified atom stereocenters. The molecule has 0 atom stereocenters. The molecule has 0 fully saturated rings. The van der Waals surface area contributed by atoms with Crippen LogP contribution in [0.1, 0.15) is 0 Å². The SMILES string of the molecule is CN1c2cncc(n2)N(C)c2cncc(n2)N(C)c2cncc(n2)N(C)c2cncc1n2.CN1c2cncc(n2)N(C)c2cncc(n2)N(C)c2cncc(n2)N(C)c2cncc1n2.CO. The smallest absolute Gasteiger partial charge is 0.154 e. The average molecular weight is 889 g/mol. The van der Waals surface area contributed by atoms with Crippen LogP contribution in [0.4, 0.5) is 93.1 Å². The van der Waals surface area contributed by atoms with Crippen LogP contribution in [0, 0.1) is 0 Å².